The summed E-state index contributed by atoms with van der Waals surface area (Å²) in [5, 5.41) is 3.28. The third-order valence-electron chi connectivity index (χ3n) is 2.56. The van der Waals surface area contributed by atoms with Crippen molar-refractivity contribution in [1.29, 1.82) is 0 Å². The minimum atomic E-state index is 0.578. The summed E-state index contributed by atoms with van der Waals surface area (Å²) in [5.74, 6) is 0.845. The number of hydrogen-bond donors (Lipinski definition) is 1. The Morgan fingerprint density at radius 3 is 2.89 bits per heavy atom. The molecule has 0 atom stereocenters. The monoisotopic (exact) mass is 252 g/mol. The van der Waals surface area contributed by atoms with Gasteiger partial charge in [-0.15, -0.1) is 0 Å². The number of nitrogens with one attached hydrogen (secondary N) is 1. The molecule has 1 aromatic heterocycles. The number of unbranched alkanes of at least 4 members (excludes halogenated alkanes) is 1. The van der Waals surface area contributed by atoms with Crippen LogP contribution in [-0.2, 0) is 11.3 Å². The Morgan fingerprint density at radius 2 is 2.11 bits per heavy atom. The van der Waals surface area contributed by atoms with Crippen LogP contribution in [0.2, 0.25) is 0 Å². The second-order valence-electron chi connectivity index (χ2n) is 4.08. The summed E-state index contributed by atoms with van der Waals surface area (Å²) < 4.78 is 11.1. The lowest BCUT2D eigenvalue weighted by Crippen LogP contribution is -2.14. The summed E-state index contributed by atoms with van der Waals surface area (Å²) in [5.41, 5.74) is 1.14. The smallest absolute Gasteiger partial charge is 0.142 e. The first-order valence-corrected chi connectivity index (χ1v) is 6.72. The fourth-order valence-corrected chi connectivity index (χ4v) is 1.50. The first kappa shape index (κ1) is 14.9. The van der Waals surface area contributed by atoms with Crippen molar-refractivity contribution in [2.75, 3.05) is 26.4 Å². The highest BCUT2D eigenvalue weighted by Crippen LogP contribution is 2.15. The zero-order valence-corrected chi connectivity index (χ0v) is 11.4. The molecule has 0 aliphatic heterocycles. The Hall–Kier alpha value is -1.13. The molecule has 0 aliphatic rings. The van der Waals surface area contributed by atoms with E-state index in [1.165, 1.54) is 0 Å². The van der Waals surface area contributed by atoms with Crippen molar-refractivity contribution in [3.63, 3.8) is 0 Å². The number of pyridine rings is 1. The Morgan fingerprint density at radius 1 is 1.22 bits per heavy atom. The van der Waals surface area contributed by atoms with Gasteiger partial charge in [-0.2, -0.15) is 0 Å². The van der Waals surface area contributed by atoms with Crippen LogP contribution in [0.4, 0.5) is 0 Å². The topological polar surface area (TPSA) is 43.4 Å². The van der Waals surface area contributed by atoms with Gasteiger partial charge in [-0.05, 0) is 19.0 Å². The van der Waals surface area contributed by atoms with Gasteiger partial charge < -0.3 is 14.8 Å². The number of rotatable bonds is 10. The highest BCUT2D eigenvalue weighted by atomic mass is 16.5. The minimum Gasteiger partial charge on any atom is -0.489 e. The lowest BCUT2D eigenvalue weighted by atomic mass is 10.2. The van der Waals surface area contributed by atoms with Crippen molar-refractivity contribution in [3.05, 3.63) is 24.0 Å². The molecule has 18 heavy (non-hydrogen) atoms. The van der Waals surface area contributed by atoms with Gasteiger partial charge >= 0.3 is 0 Å². The molecule has 4 nitrogen and oxygen atoms in total. The summed E-state index contributed by atoms with van der Waals surface area (Å²) in [4.78, 5) is 4.09. The Balaban J connectivity index is 2.27. The molecule has 0 spiro atoms. The van der Waals surface area contributed by atoms with Crippen LogP contribution >= 0.6 is 0 Å². The normalized spacial score (nSPS) is 10.6. The third kappa shape index (κ3) is 5.98. The largest absolute Gasteiger partial charge is 0.489 e. The van der Waals surface area contributed by atoms with Gasteiger partial charge in [-0.1, -0.05) is 20.3 Å². The maximum absolute atomic E-state index is 5.69. The van der Waals surface area contributed by atoms with Crippen molar-refractivity contribution < 1.29 is 9.47 Å². The molecular formula is C14H24N2O2. The van der Waals surface area contributed by atoms with Gasteiger partial charge in [0.25, 0.3) is 0 Å². The SMILES string of the molecule is CCCCOCCOc1cnccc1CNCC. The van der Waals surface area contributed by atoms with Gasteiger partial charge in [0.15, 0.2) is 0 Å². The quantitative estimate of drug-likeness (QED) is 0.649. The summed E-state index contributed by atoms with van der Waals surface area (Å²) in [6.45, 7) is 8.03. The molecule has 1 heterocycles. The van der Waals surface area contributed by atoms with Crippen LogP contribution in [0.15, 0.2) is 18.5 Å². The summed E-state index contributed by atoms with van der Waals surface area (Å²) in [6.07, 6.45) is 5.82. The van der Waals surface area contributed by atoms with Crippen LogP contribution in [0.5, 0.6) is 5.75 Å². The zero-order valence-electron chi connectivity index (χ0n) is 11.4. The molecule has 1 aromatic rings. The van der Waals surface area contributed by atoms with Gasteiger partial charge in [-0.3, -0.25) is 4.98 Å². The van der Waals surface area contributed by atoms with Gasteiger partial charge in [-0.25, -0.2) is 0 Å². The van der Waals surface area contributed by atoms with Crippen molar-refractivity contribution in [2.24, 2.45) is 0 Å². The Bertz CT molecular complexity index is 318. The highest BCUT2D eigenvalue weighted by Gasteiger charge is 2.02. The predicted octanol–water partition coefficient (Wildman–Crippen LogP) is 2.39. The van der Waals surface area contributed by atoms with E-state index < -0.39 is 0 Å². The molecule has 0 radical (unpaired) electrons. The molecule has 4 heteroatoms. The van der Waals surface area contributed by atoms with E-state index in [0.717, 1.165) is 43.9 Å². The standard InChI is InChI=1S/C14H24N2O2/c1-3-5-8-17-9-10-18-14-12-16-7-6-13(14)11-15-4-2/h6-7,12,15H,3-5,8-11H2,1-2H3. The molecular weight excluding hydrogens is 228 g/mol. The Kier molecular flexibility index (Phi) is 8.17. The molecule has 0 amide bonds. The van der Waals surface area contributed by atoms with Crippen molar-refractivity contribution in [3.8, 4) is 5.75 Å². The van der Waals surface area contributed by atoms with E-state index in [4.69, 9.17) is 9.47 Å². The fourth-order valence-electron chi connectivity index (χ4n) is 1.50. The summed E-state index contributed by atoms with van der Waals surface area (Å²) in [6, 6.07) is 1.98. The predicted molar refractivity (Wildman–Crippen MR) is 72.8 cm³/mol. The first-order valence-electron chi connectivity index (χ1n) is 6.72. The average molecular weight is 252 g/mol. The maximum atomic E-state index is 5.69. The van der Waals surface area contributed by atoms with Crippen LogP contribution in [0, 0.1) is 0 Å². The lowest BCUT2D eigenvalue weighted by Gasteiger charge is -2.11. The molecule has 0 saturated carbocycles. The van der Waals surface area contributed by atoms with Crippen molar-refractivity contribution in [1.82, 2.24) is 10.3 Å². The van der Waals surface area contributed by atoms with E-state index in [2.05, 4.69) is 24.1 Å². The molecule has 1 N–H and O–H groups in total. The van der Waals surface area contributed by atoms with E-state index in [1.54, 1.807) is 12.4 Å². The number of nitrogens with zero attached hydrogens (tertiary/aromatic N) is 1. The molecule has 0 bridgehead atoms. The molecule has 102 valence electrons. The Labute approximate surface area is 110 Å². The fraction of sp³-hybridized carbons (Fsp3) is 0.643. The number of aromatic nitrogens is 1. The highest BCUT2D eigenvalue weighted by molar-refractivity contribution is 5.29. The van der Waals surface area contributed by atoms with Gasteiger partial charge in [0.05, 0.1) is 12.8 Å². The second-order valence-corrected chi connectivity index (χ2v) is 4.08. The zero-order chi connectivity index (χ0) is 13.1. The van der Waals surface area contributed by atoms with Crippen LogP contribution in [0.3, 0.4) is 0 Å². The van der Waals surface area contributed by atoms with E-state index in [1.807, 2.05) is 6.07 Å². The van der Waals surface area contributed by atoms with Gasteiger partial charge in [0, 0.05) is 24.9 Å². The first-order chi connectivity index (χ1) is 8.88. The minimum absolute atomic E-state index is 0.578. The van der Waals surface area contributed by atoms with E-state index >= 15 is 0 Å². The van der Waals surface area contributed by atoms with Crippen molar-refractivity contribution in [2.45, 2.75) is 33.2 Å². The van der Waals surface area contributed by atoms with Crippen LogP contribution < -0.4 is 10.1 Å². The van der Waals surface area contributed by atoms with Crippen LogP contribution in [0.1, 0.15) is 32.3 Å². The van der Waals surface area contributed by atoms with E-state index in [0.29, 0.717) is 13.2 Å². The molecule has 0 aromatic carbocycles. The lowest BCUT2D eigenvalue weighted by molar-refractivity contribution is 0.0976. The third-order valence-corrected chi connectivity index (χ3v) is 2.56. The maximum Gasteiger partial charge on any atom is 0.142 e. The summed E-state index contributed by atoms with van der Waals surface area (Å²) in [7, 11) is 0. The average Bonchev–Trinajstić information content (AvgIpc) is 2.41. The molecule has 0 aliphatic carbocycles. The van der Waals surface area contributed by atoms with E-state index in [-0.39, 0.29) is 0 Å². The van der Waals surface area contributed by atoms with Gasteiger partial charge in [0.2, 0.25) is 0 Å². The van der Waals surface area contributed by atoms with Crippen LogP contribution in [-0.4, -0.2) is 31.3 Å². The van der Waals surface area contributed by atoms with Crippen molar-refractivity contribution >= 4 is 0 Å². The number of ether oxygens (including phenoxy) is 2. The van der Waals surface area contributed by atoms with Gasteiger partial charge in [0.1, 0.15) is 12.4 Å². The molecule has 0 unspecified atom stereocenters. The second kappa shape index (κ2) is 9.85. The molecule has 0 fully saturated rings. The molecule has 1 rings (SSSR count). The molecule has 0 saturated heterocycles. The summed E-state index contributed by atoms with van der Waals surface area (Å²) >= 11 is 0. The van der Waals surface area contributed by atoms with Crippen LogP contribution in [0.25, 0.3) is 0 Å². The number of hydrogen-bond acceptors (Lipinski definition) is 4. The van der Waals surface area contributed by atoms with E-state index in [9.17, 15) is 0 Å².